The quantitative estimate of drug-likeness (QED) is 0.185. The first-order valence-corrected chi connectivity index (χ1v) is 16.9. The molecule has 3 aliphatic carbocycles. The Morgan fingerprint density at radius 2 is 1.20 bits per heavy atom. The van der Waals surface area contributed by atoms with Gasteiger partial charge in [-0.15, -0.1) is 0 Å². The molecule has 46 heavy (non-hydrogen) atoms. The van der Waals surface area contributed by atoms with Crippen LogP contribution in [-0.2, 0) is 5.41 Å². The van der Waals surface area contributed by atoms with Crippen molar-refractivity contribution in [3.63, 3.8) is 0 Å². The van der Waals surface area contributed by atoms with Crippen LogP contribution in [0.2, 0.25) is 0 Å². The number of rotatable bonds is 4. The summed E-state index contributed by atoms with van der Waals surface area (Å²) in [6.45, 7) is 0. The lowest BCUT2D eigenvalue weighted by molar-refractivity contribution is 0.327. The first-order chi connectivity index (χ1) is 22.8. The molecular weight excluding hydrogens is 555 g/mol. The minimum absolute atomic E-state index is 0.200. The highest BCUT2D eigenvalue weighted by Gasteiger charge is 2.56. The largest absolute Gasteiger partial charge is 0.310 e. The van der Waals surface area contributed by atoms with Crippen molar-refractivity contribution in [3.05, 3.63) is 163 Å². The Morgan fingerprint density at radius 1 is 0.522 bits per heavy atom. The summed E-state index contributed by atoms with van der Waals surface area (Å²) in [5.41, 5.74) is 12.4. The van der Waals surface area contributed by atoms with Crippen LogP contribution < -0.4 is 4.90 Å². The van der Waals surface area contributed by atoms with E-state index in [0.29, 0.717) is 0 Å². The summed E-state index contributed by atoms with van der Waals surface area (Å²) in [6.07, 6.45) is 5.49. The van der Waals surface area contributed by atoms with Crippen LogP contribution in [0.4, 0.5) is 17.1 Å². The lowest BCUT2D eigenvalue weighted by atomic mass is 9.66. The standard InChI is InChI=1S/C45H35N/c1-2-12-34(13-3-1)46(43-28-32-11-4-5-14-36(32)38-15-6-7-16-39(38)43)35-25-22-31(23-26-35)37-18-10-20-42-44(37)40-17-8-9-19-41(40)45(42)29-30-21-24-33(45)27-30/h1-20,22-23,25-26,28,30,33H,21,24,27,29H2. The van der Waals surface area contributed by atoms with Crippen molar-refractivity contribution in [2.24, 2.45) is 11.8 Å². The summed E-state index contributed by atoms with van der Waals surface area (Å²) in [7, 11) is 0. The molecule has 0 aliphatic heterocycles. The number of nitrogens with zero attached hydrogens (tertiary/aromatic N) is 1. The van der Waals surface area contributed by atoms with E-state index in [0.717, 1.165) is 23.2 Å². The minimum Gasteiger partial charge on any atom is -0.310 e. The van der Waals surface area contributed by atoms with Crippen molar-refractivity contribution in [1.29, 1.82) is 0 Å². The molecule has 0 saturated heterocycles. The molecule has 0 amide bonds. The fourth-order valence-corrected chi connectivity index (χ4v) is 9.69. The highest BCUT2D eigenvalue weighted by molar-refractivity contribution is 6.14. The zero-order valence-corrected chi connectivity index (χ0v) is 25.9. The van der Waals surface area contributed by atoms with E-state index in [1.54, 1.807) is 11.1 Å². The second kappa shape index (κ2) is 9.93. The molecule has 3 unspecified atom stereocenters. The summed E-state index contributed by atoms with van der Waals surface area (Å²) in [5.74, 6) is 1.65. The molecule has 2 bridgehead atoms. The van der Waals surface area contributed by atoms with Gasteiger partial charge in [0.05, 0.1) is 5.69 Å². The van der Waals surface area contributed by atoms with Crippen molar-refractivity contribution >= 4 is 38.6 Å². The van der Waals surface area contributed by atoms with E-state index in [1.807, 2.05) is 0 Å². The van der Waals surface area contributed by atoms with Crippen molar-refractivity contribution in [2.75, 3.05) is 4.90 Å². The SMILES string of the molecule is c1ccc(N(c2ccc(-c3cccc4c3-c3ccccc3C43CC4CCC3C4)cc2)c2cc3ccccc3c3ccccc23)cc1. The van der Waals surface area contributed by atoms with Gasteiger partial charge in [0.1, 0.15) is 0 Å². The average Bonchev–Trinajstić information content (AvgIpc) is 3.82. The van der Waals surface area contributed by atoms with Gasteiger partial charge in [-0.25, -0.2) is 0 Å². The van der Waals surface area contributed by atoms with E-state index in [4.69, 9.17) is 0 Å². The molecule has 0 radical (unpaired) electrons. The van der Waals surface area contributed by atoms with Gasteiger partial charge >= 0.3 is 0 Å². The number of fused-ring (bicyclic) bond motifs is 11. The van der Waals surface area contributed by atoms with Crippen LogP contribution in [0.1, 0.15) is 36.8 Å². The van der Waals surface area contributed by atoms with Crippen molar-refractivity contribution in [3.8, 4) is 22.3 Å². The first kappa shape index (κ1) is 26.1. The van der Waals surface area contributed by atoms with E-state index in [2.05, 4.69) is 157 Å². The monoisotopic (exact) mass is 589 g/mol. The third-order valence-corrected chi connectivity index (χ3v) is 11.5. The second-order valence-corrected chi connectivity index (χ2v) is 13.7. The maximum absolute atomic E-state index is 2.45. The van der Waals surface area contributed by atoms with E-state index in [1.165, 1.54) is 75.2 Å². The van der Waals surface area contributed by atoms with Crippen LogP contribution in [0.5, 0.6) is 0 Å². The summed E-state index contributed by atoms with van der Waals surface area (Å²) in [4.78, 5) is 2.42. The van der Waals surface area contributed by atoms with Gasteiger partial charge in [-0.3, -0.25) is 0 Å². The highest BCUT2D eigenvalue weighted by atomic mass is 15.1. The van der Waals surface area contributed by atoms with Gasteiger partial charge in [0.25, 0.3) is 0 Å². The molecular formula is C45H35N. The number of para-hydroxylation sites is 1. The topological polar surface area (TPSA) is 3.24 Å². The molecule has 0 aromatic heterocycles. The predicted molar refractivity (Wildman–Crippen MR) is 193 cm³/mol. The lowest BCUT2D eigenvalue weighted by Crippen LogP contribution is -2.31. The van der Waals surface area contributed by atoms with Crippen LogP contribution in [0.15, 0.2) is 152 Å². The molecule has 1 spiro atoms. The fraction of sp³-hybridized carbons (Fsp3) is 0.156. The zero-order chi connectivity index (χ0) is 30.2. The van der Waals surface area contributed by atoms with Crippen LogP contribution in [0.3, 0.4) is 0 Å². The lowest BCUT2D eigenvalue weighted by Gasteiger charge is -2.36. The minimum atomic E-state index is 0.200. The predicted octanol–water partition coefficient (Wildman–Crippen LogP) is 12.2. The van der Waals surface area contributed by atoms with Gasteiger partial charge in [0.15, 0.2) is 0 Å². The molecule has 0 heterocycles. The van der Waals surface area contributed by atoms with Gasteiger partial charge in [-0.2, -0.15) is 0 Å². The number of anilines is 3. The summed E-state index contributed by atoms with van der Waals surface area (Å²) >= 11 is 0. The Hall–Kier alpha value is -5.14. The number of hydrogen-bond donors (Lipinski definition) is 0. The maximum atomic E-state index is 2.45. The molecule has 10 rings (SSSR count). The third-order valence-electron chi connectivity index (χ3n) is 11.5. The normalized spacial score (nSPS) is 20.8. The third kappa shape index (κ3) is 3.63. The maximum Gasteiger partial charge on any atom is 0.0546 e. The van der Waals surface area contributed by atoms with Crippen LogP contribution in [0.25, 0.3) is 43.8 Å². The van der Waals surface area contributed by atoms with E-state index >= 15 is 0 Å². The van der Waals surface area contributed by atoms with E-state index in [-0.39, 0.29) is 5.41 Å². The van der Waals surface area contributed by atoms with E-state index < -0.39 is 0 Å². The fourth-order valence-electron chi connectivity index (χ4n) is 9.69. The average molecular weight is 590 g/mol. The zero-order valence-electron chi connectivity index (χ0n) is 25.9. The van der Waals surface area contributed by atoms with E-state index in [9.17, 15) is 0 Å². The van der Waals surface area contributed by atoms with Crippen LogP contribution in [-0.4, -0.2) is 0 Å². The Balaban J connectivity index is 1.14. The van der Waals surface area contributed by atoms with Gasteiger partial charge < -0.3 is 4.90 Å². The second-order valence-electron chi connectivity index (χ2n) is 13.7. The number of benzene rings is 7. The Kier molecular flexibility index (Phi) is 5.64. The smallest absolute Gasteiger partial charge is 0.0546 e. The molecule has 1 heteroatoms. The van der Waals surface area contributed by atoms with Gasteiger partial charge in [-0.1, -0.05) is 128 Å². The molecule has 3 atom stereocenters. The summed E-state index contributed by atoms with van der Waals surface area (Å²) in [6, 6.07) is 56.5. The Bertz CT molecular complexity index is 2280. The molecule has 2 saturated carbocycles. The van der Waals surface area contributed by atoms with Crippen molar-refractivity contribution in [2.45, 2.75) is 31.1 Å². The van der Waals surface area contributed by atoms with Gasteiger partial charge in [0, 0.05) is 22.2 Å². The highest BCUT2D eigenvalue weighted by Crippen LogP contribution is 2.66. The molecule has 220 valence electrons. The van der Waals surface area contributed by atoms with Crippen molar-refractivity contribution < 1.29 is 0 Å². The Morgan fingerprint density at radius 3 is 2.00 bits per heavy atom. The first-order valence-electron chi connectivity index (χ1n) is 16.9. The Labute approximate surface area is 270 Å². The van der Waals surface area contributed by atoms with Gasteiger partial charge in [-0.05, 0) is 111 Å². The van der Waals surface area contributed by atoms with Crippen LogP contribution in [0, 0.1) is 11.8 Å². The molecule has 3 aliphatic rings. The van der Waals surface area contributed by atoms with Crippen LogP contribution >= 0.6 is 0 Å². The number of hydrogen-bond acceptors (Lipinski definition) is 1. The molecule has 2 fully saturated rings. The summed E-state index contributed by atoms with van der Waals surface area (Å²) in [5, 5.41) is 5.07. The molecule has 7 aromatic rings. The molecule has 1 nitrogen and oxygen atoms in total. The summed E-state index contributed by atoms with van der Waals surface area (Å²) < 4.78 is 0. The molecule has 7 aromatic carbocycles. The molecule has 0 N–H and O–H groups in total. The van der Waals surface area contributed by atoms with Gasteiger partial charge in [0.2, 0.25) is 0 Å². The van der Waals surface area contributed by atoms with Crippen molar-refractivity contribution in [1.82, 2.24) is 0 Å².